The standard InChI is InChI=1S/C24H24N6O/c31-20-12-10-19(11-13-20)29-24-25-14-21-22(30-24)23(27-15-26-21)28-18-8-6-17(7-9-18)16-4-2-1-3-5-16/h1-9,14-15,19-20,31H,10-13H2,(H,25,29,30)(H,26,27,28)/t19-,20-. The molecule has 0 amide bonds. The summed E-state index contributed by atoms with van der Waals surface area (Å²) >= 11 is 0. The predicted octanol–water partition coefficient (Wildman–Crippen LogP) is 4.55. The lowest BCUT2D eigenvalue weighted by molar-refractivity contribution is 0.126. The molecule has 0 bridgehead atoms. The highest BCUT2D eigenvalue weighted by molar-refractivity contribution is 5.87. The van der Waals surface area contributed by atoms with Crippen molar-refractivity contribution >= 4 is 28.5 Å². The van der Waals surface area contributed by atoms with Crippen molar-refractivity contribution in [3.63, 3.8) is 0 Å². The fourth-order valence-electron chi connectivity index (χ4n) is 3.93. The Labute approximate surface area is 180 Å². The van der Waals surface area contributed by atoms with Gasteiger partial charge >= 0.3 is 0 Å². The lowest BCUT2D eigenvalue weighted by atomic mass is 9.93. The average molecular weight is 412 g/mol. The molecule has 0 unspecified atom stereocenters. The van der Waals surface area contributed by atoms with Crippen LogP contribution >= 0.6 is 0 Å². The smallest absolute Gasteiger partial charge is 0.223 e. The van der Waals surface area contributed by atoms with Crippen LogP contribution in [0.25, 0.3) is 22.2 Å². The molecule has 0 radical (unpaired) electrons. The molecule has 4 aromatic rings. The van der Waals surface area contributed by atoms with Crippen molar-refractivity contribution in [2.24, 2.45) is 0 Å². The number of fused-ring (bicyclic) bond motifs is 1. The zero-order chi connectivity index (χ0) is 21.0. The van der Waals surface area contributed by atoms with E-state index < -0.39 is 0 Å². The van der Waals surface area contributed by atoms with E-state index in [1.807, 2.05) is 30.3 Å². The van der Waals surface area contributed by atoms with E-state index in [0.29, 0.717) is 22.8 Å². The Morgan fingerprint density at radius 3 is 2.32 bits per heavy atom. The third kappa shape index (κ3) is 4.46. The van der Waals surface area contributed by atoms with Gasteiger partial charge in [0.2, 0.25) is 5.95 Å². The van der Waals surface area contributed by atoms with Gasteiger partial charge in [0.25, 0.3) is 0 Å². The number of hydrogen-bond acceptors (Lipinski definition) is 7. The predicted molar refractivity (Wildman–Crippen MR) is 122 cm³/mol. The maximum absolute atomic E-state index is 9.71. The van der Waals surface area contributed by atoms with Gasteiger partial charge in [0.1, 0.15) is 17.4 Å². The van der Waals surface area contributed by atoms with E-state index in [-0.39, 0.29) is 12.1 Å². The molecular weight excluding hydrogens is 388 g/mol. The molecule has 1 aliphatic rings. The Balaban J connectivity index is 1.36. The second kappa shape index (κ2) is 8.65. The lowest BCUT2D eigenvalue weighted by Crippen LogP contribution is -2.28. The minimum Gasteiger partial charge on any atom is -0.393 e. The maximum Gasteiger partial charge on any atom is 0.223 e. The third-order valence-electron chi connectivity index (χ3n) is 5.66. The summed E-state index contributed by atoms with van der Waals surface area (Å²) in [5.74, 6) is 1.20. The zero-order valence-electron chi connectivity index (χ0n) is 17.1. The van der Waals surface area contributed by atoms with E-state index >= 15 is 0 Å². The van der Waals surface area contributed by atoms with Gasteiger partial charge < -0.3 is 15.7 Å². The summed E-state index contributed by atoms with van der Waals surface area (Å²) in [4.78, 5) is 17.8. The molecule has 1 aliphatic carbocycles. The number of benzene rings is 2. The fraction of sp³-hybridized carbons (Fsp3) is 0.250. The Bertz CT molecular complexity index is 1160. The zero-order valence-corrected chi connectivity index (χ0v) is 17.1. The molecule has 2 aromatic heterocycles. The van der Waals surface area contributed by atoms with Crippen LogP contribution in [0, 0.1) is 0 Å². The van der Waals surface area contributed by atoms with Gasteiger partial charge in [-0.1, -0.05) is 42.5 Å². The summed E-state index contributed by atoms with van der Waals surface area (Å²) in [7, 11) is 0. The van der Waals surface area contributed by atoms with Gasteiger partial charge in [-0.05, 0) is 48.9 Å². The quantitative estimate of drug-likeness (QED) is 0.443. The van der Waals surface area contributed by atoms with Crippen LogP contribution in [0.1, 0.15) is 25.7 Å². The monoisotopic (exact) mass is 412 g/mol. The van der Waals surface area contributed by atoms with Crippen LogP contribution in [0.4, 0.5) is 17.5 Å². The van der Waals surface area contributed by atoms with E-state index in [1.54, 1.807) is 6.20 Å². The maximum atomic E-state index is 9.71. The van der Waals surface area contributed by atoms with Crippen molar-refractivity contribution in [1.82, 2.24) is 19.9 Å². The molecule has 5 rings (SSSR count). The SMILES string of the molecule is O[C@H]1CC[C@H](Nc2ncc3ncnc(Nc4ccc(-c5ccccc5)cc4)c3n2)CC1. The summed E-state index contributed by atoms with van der Waals surface area (Å²) < 4.78 is 0. The van der Waals surface area contributed by atoms with E-state index in [1.165, 1.54) is 11.9 Å². The number of aliphatic hydroxyl groups is 1. The topological polar surface area (TPSA) is 95.9 Å². The van der Waals surface area contributed by atoms with Crippen LogP contribution in [0.2, 0.25) is 0 Å². The first-order valence-electron chi connectivity index (χ1n) is 10.6. The van der Waals surface area contributed by atoms with Crippen molar-refractivity contribution in [3.8, 4) is 11.1 Å². The van der Waals surface area contributed by atoms with Gasteiger partial charge in [-0.15, -0.1) is 0 Å². The van der Waals surface area contributed by atoms with Crippen LogP contribution in [-0.2, 0) is 0 Å². The minimum atomic E-state index is -0.187. The van der Waals surface area contributed by atoms with Crippen LogP contribution in [-0.4, -0.2) is 37.2 Å². The minimum absolute atomic E-state index is 0.187. The summed E-state index contributed by atoms with van der Waals surface area (Å²) in [5.41, 5.74) is 4.62. The van der Waals surface area contributed by atoms with Gasteiger partial charge in [-0.2, -0.15) is 0 Å². The summed E-state index contributed by atoms with van der Waals surface area (Å²) in [6.07, 6.45) is 6.48. The van der Waals surface area contributed by atoms with E-state index in [2.05, 4.69) is 54.8 Å². The number of nitrogens with zero attached hydrogens (tertiary/aromatic N) is 4. The summed E-state index contributed by atoms with van der Waals surface area (Å²) in [5, 5.41) is 16.5. The summed E-state index contributed by atoms with van der Waals surface area (Å²) in [6, 6.07) is 18.8. The molecule has 0 spiro atoms. The first-order chi connectivity index (χ1) is 15.2. The second-order valence-electron chi connectivity index (χ2n) is 7.87. The first-order valence-corrected chi connectivity index (χ1v) is 10.6. The van der Waals surface area contributed by atoms with Gasteiger partial charge in [-0.3, -0.25) is 0 Å². The molecule has 0 atom stereocenters. The molecule has 3 N–H and O–H groups in total. The van der Waals surface area contributed by atoms with E-state index in [4.69, 9.17) is 0 Å². The number of nitrogens with one attached hydrogen (secondary N) is 2. The molecule has 2 heterocycles. The lowest BCUT2D eigenvalue weighted by Gasteiger charge is -2.26. The molecule has 2 aromatic carbocycles. The van der Waals surface area contributed by atoms with E-state index in [0.717, 1.165) is 36.9 Å². The van der Waals surface area contributed by atoms with Crippen molar-refractivity contribution < 1.29 is 5.11 Å². The first kappa shape index (κ1) is 19.4. The van der Waals surface area contributed by atoms with Gasteiger partial charge in [-0.25, -0.2) is 19.9 Å². The molecular formula is C24H24N6O. The van der Waals surface area contributed by atoms with Crippen molar-refractivity contribution in [2.45, 2.75) is 37.8 Å². The normalized spacial score (nSPS) is 18.6. The molecule has 31 heavy (non-hydrogen) atoms. The average Bonchev–Trinajstić information content (AvgIpc) is 2.82. The number of rotatable bonds is 5. The van der Waals surface area contributed by atoms with Crippen LogP contribution in [0.5, 0.6) is 0 Å². The van der Waals surface area contributed by atoms with Gasteiger partial charge in [0.05, 0.1) is 12.3 Å². The van der Waals surface area contributed by atoms with E-state index in [9.17, 15) is 5.11 Å². The van der Waals surface area contributed by atoms with Crippen LogP contribution < -0.4 is 10.6 Å². The highest BCUT2D eigenvalue weighted by atomic mass is 16.3. The molecule has 1 fully saturated rings. The Kier molecular flexibility index (Phi) is 5.41. The largest absolute Gasteiger partial charge is 0.393 e. The van der Waals surface area contributed by atoms with Crippen molar-refractivity contribution in [1.29, 1.82) is 0 Å². The van der Waals surface area contributed by atoms with Crippen molar-refractivity contribution in [3.05, 3.63) is 67.1 Å². The molecule has 0 saturated heterocycles. The van der Waals surface area contributed by atoms with Crippen LogP contribution in [0.15, 0.2) is 67.1 Å². The Hall–Kier alpha value is -3.58. The molecule has 0 aliphatic heterocycles. The molecule has 156 valence electrons. The van der Waals surface area contributed by atoms with Crippen LogP contribution in [0.3, 0.4) is 0 Å². The number of hydrogen-bond donors (Lipinski definition) is 3. The number of anilines is 3. The second-order valence-corrected chi connectivity index (χ2v) is 7.87. The molecule has 1 saturated carbocycles. The Morgan fingerprint density at radius 2 is 1.55 bits per heavy atom. The molecule has 7 heteroatoms. The molecule has 7 nitrogen and oxygen atoms in total. The fourth-order valence-corrected chi connectivity index (χ4v) is 3.93. The van der Waals surface area contributed by atoms with Crippen molar-refractivity contribution in [2.75, 3.05) is 10.6 Å². The third-order valence-corrected chi connectivity index (χ3v) is 5.66. The summed E-state index contributed by atoms with van der Waals surface area (Å²) in [6.45, 7) is 0. The highest BCUT2D eigenvalue weighted by Gasteiger charge is 2.20. The van der Waals surface area contributed by atoms with Gasteiger partial charge in [0, 0.05) is 11.7 Å². The highest BCUT2D eigenvalue weighted by Crippen LogP contribution is 2.26. The van der Waals surface area contributed by atoms with Gasteiger partial charge in [0.15, 0.2) is 5.82 Å². The number of aliphatic hydroxyl groups excluding tert-OH is 1. The Morgan fingerprint density at radius 1 is 0.806 bits per heavy atom. The number of aromatic nitrogens is 4.